The van der Waals surface area contributed by atoms with Crippen LogP contribution >= 0.6 is 11.8 Å². The van der Waals surface area contributed by atoms with Crippen LogP contribution in [0.4, 0.5) is 11.4 Å². The summed E-state index contributed by atoms with van der Waals surface area (Å²) in [5.41, 5.74) is 1.13. The van der Waals surface area contributed by atoms with E-state index >= 15 is 0 Å². The van der Waals surface area contributed by atoms with E-state index in [1.807, 2.05) is 6.07 Å². The lowest BCUT2D eigenvalue weighted by atomic mass is 10.2. The van der Waals surface area contributed by atoms with Crippen molar-refractivity contribution in [1.29, 1.82) is 0 Å². The molecule has 8 heteroatoms. The molecule has 0 aliphatic heterocycles. The van der Waals surface area contributed by atoms with Crippen LogP contribution in [0.2, 0.25) is 0 Å². The number of aryl methyl sites for hydroxylation is 1. The summed E-state index contributed by atoms with van der Waals surface area (Å²) in [6.07, 6.45) is 0. The highest BCUT2D eigenvalue weighted by molar-refractivity contribution is 8.00. The van der Waals surface area contributed by atoms with E-state index < -0.39 is 4.92 Å². The minimum Gasteiger partial charge on any atom is -0.493 e. The predicted molar refractivity (Wildman–Crippen MR) is 96.7 cm³/mol. The SMILES string of the molecule is COc1ccc(SCC(=O)Nc2cc([N+](=O)[O-])ccc2C)cc1OC. The van der Waals surface area contributed by atoms with Gasteiger partial charge in [0.1, 0.15) is 0 Å². The Balaban J connectivity index is 2.02. The number of hydrogen-bond donors (Lipinski definition) is 1. The molecule has 2 aromatic rings. The van der Waals surface area contributed by atoms with Crippen molar-refractivity contribution in [2.45, 2.75) is 11.8 Å². The molecule has 0 unspecified atom stereocenters. The average molecular weight is 362 g/mol. The number of nitrogens with zero attached hydrogens (tertiary/aromatic N) is 1. The minimum atomic E-state index is -0.493. The maximum Gasteiger partial charge on any atom is 0.271 e. The molecule has 0 fully saturated rings. The fourth-order valence-corrected chi connectivity index (χ4v) is 2.82. The average Bonchev–Trinajstić information content (AvgIpc) is 2.61. The van der Waals surface area contributed by atoms with Crippen LogP contribution in [-0.2, 0) is 4.79 Å². The molecule has 25 heavy (non-hydrogen) atoms. The van der Waals surface area contributed by atoms with Crippen molar-refractivity contribution in [3.8, 4) is 11.5 Å². The van der Waals surface area contributed by atoms with Crippen molar-refractivity contribution in [2.24, 2.45) is 0 Å². The summed E-state index contributed by atoms with van der Waals surface area (Å²) in [5.74, 6) is 1.12. The van der Waals surface area contributed by atoms with E-state index in [-0.39, 0.29) is 17.3 Å². The molecule has 0 saturated heterocycles. The quantitative estimate of drug-likeness (QED) is 0.459. The van der Waals surface area contributed by atoms with Crippen molar-refractivity contribution in [2.75, 3.05) is 25.3 Å². The lowest BCUT2D eigenvalue weighted by molar-refractivity contribution is -0.384. The third kappa shape index (κ3) is 4.87. The Bertz CT molecular complexity index is 795. The summed E-state index contributed by atoms with van der Waals surface area (Å²) < 4.78 is 10.4. The number of amides is 1. The lowest BCUT2D eigenvalue weighted by Gasteiger charge is -2.10. The number of carbonyl (C=O) groups is 1. The predicted octanol–water partition coefficient (Wildman–Crippen LogP) is 3.65. The van der Waals surface area contributed by atoms with Crippen LogP contribution in [0.25, 0.3) is 0 Å². The molecule has 0 spiro atoms. The molecule has 0 aromatic heterocycles. The van der Waals surface area contributed by atoms with Crippen molar-refractivity contribution in [1.82, 2.24) is 0 Å². The van der Waals surface area contributed by atoms with E-state index in [9.17, 15) is 14.9 Å². The summed E-state index contributed by atoms with van der Waals surface area (Å²) in [6, 6.07) is 9.75. The number of methoxy groups -OCH3 is 2. The van der Waals surface area contributed by atoms with E-state index in [4.69, 9.17) is 9.47 Å². The molecule has 0 heterocycles. The van der Waals surface area contributed by atoms with Gasteiger partial charge >= 0.3 is 0 Å². The molecule has 7 nitrogen and oxygen atoms in total. The van der Waals surface area contributed by atoms with Crippen molar-refractivity contribution >= 4 is 29.0 Å². The number of hydrogen-bond acceptors (Lipinski definition) is 6. The number of thioether (sulfide) groups is 1. The maximum atomic E-state index is 12.1. The minimum absolute atomic E-state index is 0.0616. The summed E-state index contributed by atoms with van der Waals surface area (Å²) in [7, 11) is 3.10. The van der Waals surface area contributed by atoms with Crippen molar-refractivity contribution in [3.05, 3.63) is 52.1 Å². The summed E-state index contributed by atoms with van der Waals surface area (Å²) in [5, 5.41) is 13.5. The number of nitro benzene ring substituents is 1. The second-order valence-corrected chi connectivity index (χ2v) is 6.16. The maximum absolute atomic E-state index is 12.1. The molecule has 0 saturated carbocycles. The normalized spacial score (nSPS) is 10.2. The first-order valence-corrected chi connectivity index (χ1v) is 8.33. The molecule has 0 aliphatic carbocycles. The van der Waals surface area contributed by atoms with Gasteiger partial charge in [0.15, 0.2) is 11.5 Å². The topological polar surface area (TPSA) is 90.7 Å². The van der Waals surface area contributed by atoms with E-state index in [1.165, 1.54) is 23.9 Å². The smallest absolute Gasteiger partial charge is 0.271 e. The molecule has 0 radical (unpaired) electrons. The highest BCUT2D eigenvalue weighted by atomic mass is 32.2. The Labute approximate surface area is 149 Å². The molecule has 1 amide bonds. The van der Waals surface area contributed by atoms with Gasteiger partial charge in [-0.2, -0.15) is 0 Å². The fraction of sp³-hybridized carbons (Fsp3) is 0.235. The molecule has 2 rings (SSSR count). The number of nitro groups is 1. The molecule has 132 valence electrons. The first kappa shape index (κ1) is 18.6. The zero-order chi connectivity index (χ0) is 18.4. The standard InChI is InChI=1S/C17H18N2O5S/c1-11-4-5-12(19(21)22)8-14(11)18-17(20)10-25-13-6-7-15(23-2)16(9-13)24-3/h4-9H,10H2,1-3H3,(H,18,20). The highest BCUT2D eigenvalue weighted by Gasteiger charge is 2.12. The van der Waals surface area contributed by atoms with E-state index in [0.29, 0.717) is 17.2 Å². The van der Waals surface area contributed by atoms with Crippen LogP contribution < -0.4 is 14.8 Å². The van der Waals surface area contributed by atoms with Gasteiger partial charge in [0.25, 0.3) is 5.69 Å². The molecule has 0 atom stereocenters. The van der Waals surface area contributed by atoms with Gasteiger partial charge in [-0.25, -0.2) is 0 Å². The molecular weight excluding hydrogens is 344 g/mol. The summed E-state index contributed by atoms with van der Waals surface area (Å²) >= 11 is 1.33. The van der Waals surface area contributed by atoms with Crippen LogP contribution in [0.5, 0.6) is 11.5 Å². The van der Waals surface area contributed by atoms with Gasteiger partial charge in [-0.3, -0.25) is 14.9 Å². The number of ether oxygens (including phenoxy) is 2. The Morgan fingerprint density at radius 3 is 2.52 bits per heavy atom. The zero-order valence-electron chi connectivity index (χ0n) is 14.1. The zero-order valence-corrected chi connectivity index (χ0v) is 14.9. The van der Waals surface area contributed by atoms with Crippen LogP contribution in [0.1, 0.15) is 5.56 Å². The van der Waals surface area contributed by atoms with Gasteiger partial charge in [0.2, 0.25) is 5.91 Å². The largest absolute Gasteiger partial charge is 0.493 e. The molecular formula is C17H18N2O5S. The Morgan fingerprint density at radius 2 is 1.88 bits per heavy atom. The Hall–Kier alpha value is -2.74. The van der Waals surface area contributed by atoms with Crippen LogP contribution in [0.3, 0.4) is 0 Å². The second kappa shape index (κ2) is 8.39. The first-order chi connectivity index (χ1) is 11.9. The molecule has 2 aromatic carbocycles. The first-order valence-electron chi connectivity index (χ1n) is 7.34. The molecule has 0 aliphatic rings. The van der Waals surface area contributed by atoms with Crippen LogP contribution in [0, 0.1) is 17.0 Å². The van der Waals surface area contributed by atoms with Gasteiger partial charge in [0.05, 0.1) is 30.6 Å². The van der Waals surface area contributed by atoms with E-state index in [1.54, 1.807) is 39.3 Å². The van der Waals surface area contributed by atoms with Crippen molar-refractivity contribution in [3.63, 3.8) is 0 Å². The lowest BCUT2D eigenvalue weighted by Crippen LogP contribution is -2.15. The van der Waals surface area contributed by atoms with E-state index in [2.05, 4.69) is 5.32 Å². The van der Waals surface area contributed by atoms with Crippen molar-refractivity contribution < 1.29 is 19.2 Å². The molecule has 1 N–H and O–H groups in total. The summed E-state index contributed by atoms with van der Waals surface area (Å²) in [4.78, 5) is 23.3. The third-order valence-electron chi connectivity index (χ3n) is 3.43. The number of nitrogens with one attached hydrogen (secondary N) is 1. The Morgan fingerprint density at radius 1 is 1.16 bits per heavy atom. The van der Waals surface area contributed by atoms with Crippen LogP contribution in [-0.4, -0.2) is 30.8 Å². The van der Waals surface area contributed by atoms with Crippen LogP contribution in [0.15, 0.2) is 41.3 Å². The Kier molecular flexibility index (Phi) is 6.24. The monoisotopic (exact) mass is 362 g/mol. The van der Waals surface area contributed by atoms with Gasteiger partial charge in [-0.15, -0.1) is 11.8 Å². The van der Waals surface area contributed by atoms with Gasteiger partial charge in [-0.05, 0) is 30.7 Å². The highest BCUT2D eigenvalue weighted by Crippen LogP contribution is 2.32. The third-order valence-corrected chi connectivity index (χ3v) is 4.42. The number of rotatable bonds is 7. The fourth-order valence-electron chi connectivity index (χ4n) is 2.10. The van der Waals surface area contributed by atoms with E-state index in [0.717, 1.165) is 10.5 Å². The summed E-state index contributed by atoms with van der Waals surface area (Å²) in [6.45, 7) is 1.78. The van der Waals surface area contributed by atoms with Gasteiger partial charge in [0, 0.05) is 17.0 Å². The second-order valence-electron chi connectivity index (χ2n) is 5.11. The van der Waals surface area contributed by atoms with Gasteiger partial charge < -0.3 is 14.8 Å². The number of carbonyl (C=O) groups excluding carboxylic acids is 1. The number of anilines is 1. The number of non-ortho nitro benzene ring substituents is 1. The van der Waals surface area contributed by atoms with Gasteiger partial charge in [-0.1, -0.05) is 6.07 Å². The number of benzene rings is 2. The molecule has 0 bridgehead atoms.